The van der Waals surface area contributed by atoms with Crippen LogP contribution >= 0.6 is 0 Å². The molecule has 2 rings (SSSR count). The third-order valence-corrected chi connectivity index (χ3v) is 3.44. The van der Waals surface area contributed by atoms with Gasteiger partial charge in [0.15, 0.2) is 0 Å². The number of carbonyl (C=O) groups is 1. The van der Waals surface area contributed by atoms with Crippen molar-refractivity contribution >= 4 is 5.91 Å². The first kappa shape index (κ1) is 13.6. The maximum atomic E-state index is 12.4. The Morgan fingerprint density at radius 1 is 1.47 bits per heavy atom. The summed E-state index contributed by atoms with van der Waals surface area (Å²) in [6, 6.07) is 9.46. The summed E-state index contributed by atoms with van der Waals surface area (Å²) >= 11 is 0. The molecule has 1 aromatic carbocycles. The minimum absolute atomic E-state index is 0.0680. The molecule has 1 unspecified atom stereocenters. The summed E-state index contributed by atoms with van der Waals surface area (Å²) in [6.45, 7) is 2.49. The highest BCUT2D eigenvalue weighted by Gasteiger charge is 2.34. The fourth-order valence-electron chi connectivity index (χ4n) is 2.12. The average molecular weight is 257 g/mol. The van der Waals surface area contributed by atoms with Crippen molar-refractivity contribution in [2.45, 2.75) is 38.3 Å². The Bertz CT molecular complexity index is 485. The summed E-state index contributed by atoms with van der Waals surface area (Å²) in [5.74, 6) is -0.0680. The highest BCUT2D eigenvalue weighted by molar-refractivity contribution is 5.83. The van der Waals surface area contributed by atoms with Gasteiger partial charge in [-0.1, -0.05) is 29.8 Å². The van der Waals surface area contributed by atoms with Crippen LogP contribution in [0.15, 0.2) is 24.3 Å². The third-order valence-electron chi connectivity index (χ3n) is 3.44. The summed E-state index contributed by atoms with van der Waals surface area (Å²) in [7, 11) is 0. The van der Waals surface area contributed by atoms with E-state index >= 15 is 0 Å². The van der Waals surface area contributed by atoms with E-state index < -0.39 is 6.04 Å². The van der Waals surface area contributed by atoms with E-state index in [9.17, 15) is 4.79 Å². The molecule has 1 atom stereocenters. The van der Waals surface area contributed by atoms with Gasteiger partial charge in [0, 0.05) is 12.6 Å². The fourth-order valence-corrected chi connectivity index (χ4v) is 2.12. The molecule has 19 heavy (non-hydrogen) atoms. The summed E-state index contributed by atoms with van der Waals surface area (Å²) < 4.78 is 0. The topological polar surface area (TPSA) is 70.1 Å². The van der Waals surface area contributed by atoms with Crippen molar-refractivity contribution in [1.82, 2.24) is 4.90 Å². The van der Waals surface area contributed by atoms with E-state index in [0.29, 0.717) is 13.0 Å². The van der Waals surface area contributed by atoms with Gasteiger partial charge >= 0.3 is 0 Å². The van der Waals surface area contributed by atoms with E-state index in [2.05, 4.69) is 6.07 Å². The Labute approximate surface area is 113 Å². The zero-order chi connectivity index (χ0) is 13.8. The molecule has 0 spiro atoms. The molecule has 1 aromatic rings. The van der Waals surface area contributed by atoms with E-state index in [-0.39, 0.29) is 11.9 Å². The smallest absolute Gasteiger partial charge is 0.244 e. The predicted molar refractivity (Wildman–Crippen MR) is 73.1 cm³/mol. The van der Waals surface area contributed by atoms with Crippen LogP contribution in [-0.2, 0) is 4.79 Å². The first-order valence-corrected chi connectivity index (χ1v) is 6.63. The Balaban J connectivity index is 2.08. The van der Waals surface area contributed by atoms with Crippen LogP contribution in [0.5, 0.6) is 0 Å². The number of hydrogen-bond acceptors (Lipinski definition) is 3. The number of benzene rings is 1. The normalized spacial score (nSPS) is 15.6. The van der Waals surface area contributed by atoms with Gasteiger partial charge in [-0.25, -0.2) is 0 Å². The molecular weight excluding hydrogens is 238 g/mol. The van der Waals surface area contributed by atoms with Gasteiger partial charge in [0.05, 0.1) is 12.5 Å². The lowest BCUT2D eigenvalue weighted by molar-refractivity contribution is -0.133. The second-order valence-corrected chi connectivity index (χ2v) is 5.06. The summed E-state index contributed by atoms with van der Waals surface area (Å²) in [5, 5.41) is 8.67. The average Bonchev–Trinajstić information content (AvgIpc) is 3.23. The fraction of sp³-hybridized carbons (Fsp3) is 0.467. The van der Waals surface area contributed by atoms with Gasteiger partial charge < -0.3 is 10.6 Å². The number of carbonyl (C=O) groups excluding carboxylic acids is 1. The molecule has 4 nitrogen and oxygen atoms in total. The van der Waals surface area contributed by atoms with Crippen LogP contribution in [0, 0.1) is 18.3 Å². The zero-order valence-corrected chi connectivity index (χ0v) is 11.2. The number of nitrogens with zero attached hydrogens (tertiary/aromatic N) is 2. The van der Waals surface area contributed by atoms with Crippen LogP contribution < -0.4 is 5.73 Å². The Hall–Kier alpha value is -1.86. The molecule has 1 amide bonds. The molecule has 0 radical (unpaired) electrons. The molecule has 2 N–H and O–H groups in total. The van der Waals surface area contributed by atoms with Crippen LogP contribution in [0.1, 0.15) is 36.4 Å². The molecule has 1 saturated carbocycles. The maximum absolute atomic E-state index is 12.4. The standard InChI is InChI=1S/C15H19N3O/c1-11-3-5-12(6-4-11)14(17)15(19)18(10-2-9-16)13-7-8-13/h3-6,13-14H,2,7-8,10,17H2,1H3. The monoisotopic (exact) mass is 257 g/mol. The Kier molecular flexibility index (Phi) is 4.18. The first-order chi connectivity index (χ1) is 9.13. The quantitative estimate of drug-likeness (QED) is 0.875. The Morgan fingerprint density at radius 2 is 2.11 bits per heavy atom. The third kappa shape index (κ3) is 3.33. The molecule has 100 valence electrons. The summed E-state index contributed by atoms with van der Waals surface area (Å²) in [5.41, 5.74) is 8.03. The zero-order valence-electron chi connectivity index (χ0n) is 11.2. The largest absolute Gasteiger partial charge is 0.337 e. The predicted octanol–water partition coefficient (Wildman–Crippen LogP) is 1.90. The van der Waals surface area contributed by atoms with Gasteiger partial charge in [-0.05, 0) is 25.3 Å². The molecule has 0 heterocycles. The van der Waals surface area contributed by atoms with Crippen molar-refractivity contribution in [3.8, 4) is 6.07 Å². The number of hydrogen-bond donors (Lipinski definition) is 1. The van der Waals surface area contributed by atoms with E-state index in [0.717, 1.165) is 24.0 Å². The van der Waals surface area contributed by atoms with Crippen LogP contribution in [0.3, 0.4) is 0 Å². The summed E-state index contributed by atoms with van der Waals surface area (Å²) in [4.78, 5) is 14.2. The first-order valence-electron chi connectivity index (χ1n) is 6.63. The van der Waals surface area contributed by atoms with Crippen molar-refractivity contribution in [3.05, 3.63) is 35.4 Å². The summed E-state index contributed by atoms with van der Waals surface area (Å²) in [6.07, 6.45) is 2.42. The number of nitriles is 1. The molecule has 4 heteroatoms. The lowest BCUT2D eigenvalue weighted by Crippen LogP contribution is -2.40. The highest BCUT2D eigenvalue weighted by atomic mass is 16.2. The van der Waals surface area contributed by atoms with E-state index in [4.69, 9.17) is 11.0 Å². The van der Waals surface area contributed by atoms with Crippen LogP contribution in [0.2, 0.25) is 0 Å². The van der Waals surface area contributed by atoms with Crippen LogP contribution in [0.25, 0.3) is 0 Å². The Morgan fingerprint density at radius 3 is 2.63 bits per heavy atom. The molecule has 1 aliphatic carbocycles. The number of rotatable bonds is 5. The number of nitrogens with two attached hydrogens (primary N) is 1. The van der Waals surface area contributed by atoms with Crippen molar-refractivity contribution in [2.75, 3.05) is 6.54 Å². The van der Waals surface area contributed by atoms with E-state index in [1.165, 1.54) is 0 Å². The van der Waals surface area contributed by atoms with Crippen LogP contribution in [-0.4, -0.2) is 23.4 Å². The number of amides is 1. The minimum atomic E-state index is -0.625. The highest BCUT2D eigenvalue weighted by Crippen LogP contribution is 2.29. The van der Waals surface area contributed by atoms with Gasteiger partial charge in [-0.3, -0.25) is 4.79 Å². The molecule has 0 aromatic heterocycles. The molecule has 0 bridgehead atoms. The van der Waals surface area contributed by atoms with E-state index in [1.807, 2.05) is 31.2 Å². The molecule has 0 saturated heterocycles. The van der Waals surface area contributed by atoms with Gasteiger partial charge in [0.1, 0.15) is 6.04 Å². The van der Waals surface area contributed by atoms with Gasteiger partial charge in [-0.15, -0.1) is 0 Å². The van der Waals surface area contributed by atoms with Crippen molar-refractivity contribution in [3.63, 3.8) is 0 Å². The minimum Gasteiger partial charge on any atom is -0.337 e. The molecule has 0 aliphatic heterocycles. The van der Waals surface area contributed by atoms with Crippen molar-refractivity contribution < 1.29 is 4.79 Å². The van der Waals surface area contributed by atoms with E-state index in [1.54, 1.807) is 4.90 Å². The lowest BCUT2D eigenvalue weighted by Gasteiger charge is -2.25. The number of aryl methyl sites for hydroxylation is 1. The van der Waals surface area contributed by atoms with Gasteiger partial charge in [-0.2, -0.15) is 5.26 Å². The second-order valence-electron chi connectivity index (χ2n) is 5.06. The van der Waals surface area contributed by atoms with Gasteiger partial charge in [0.2, 0.25) is 5.91 Å². The lowest BCUT2D eigenvalue weighted by atomic mass is 10.0. The second kappa shape index (κ2) is 5.85. The van der Waals surface area contributed by atoms with Crippen LogP contribution in [0.4, 0.5) is 0 Å². The SMILES string of the molecule is Cc1ccc(C(N)C(=O)N(CCC#N)C2CC2)cc1. The van der Waals surface area contributed by atoms with Crippen molar-refractivity contribution in [2.24, 2.45) is 5.73 Å². The molecule has 1 aliphatic rings. The van der Waals surface area contributed by atoms with Crippen molar-refractivity contribution in [1.29, 1.82) is 5.26 Å². The maximum Gasteiger partial charge on any atom is 0.244 e. The molecule has 1 fully saturated rings. The van der Waals surface area contributed by atoms with Gasteiger partial charge in [0.25, 0.3) is 0 Å². The molecular formula is C15H19N3O.